The highest BCUT2D eigenvalue weighted by molar-refractivity contribution is 7.98. The van der Waals surface area contributed by atoms with Gasteiger partial charge in [0.1, 0.15) is 0 Å². The van der Waals surface area contributed by atoms with Crippen molar-refractivity contribution < 1.29 is 18.1 Å². The Bertz CT molecular complexity index is 474. The summed E-state index contributed by atoms with van der Waals surface area (Å²) in [6.07, 6.45) is 1.88. The molecule has 108 valence electrons. The molecule has 1 aromatic rings. The summed E-state index contributed by atoms with van der Waals surface area (Å²) in [5, 5.41) is 0.764. The molecule has 1 rings (SSSR count). The van der Waals surface area contributed by atoms with Gasteiger partial charge < -0.3 is 4.52 Å². The fourth-order valence-corrected chi connectivity index (χ4v) is 3.66. The van der Waals surface area contributed by atoms with E-state index in [9.17, 15) is 4.57 Å². The summed E-state index contributed by atoms with van der Waals surface area (Å²) in [4.78, 5) is 0.807. The number of phosphoric ester groups is 1. The molecule has 8 heteroatoms. The van der Waals surface area contributed by atoms with Crippen LogP contribution in [0, 0.1) is 0 Å². The molecule has 0 aliphatic carbocycles. The molecule has 19 heavy (non-hydrogen) atoms. The Morgan fingerprint density at radius 1 is 1.16 bits per heavy atom. The van der Waals surface area contributed by atoms with Crippen LogP contribution in [-0.2, 0) is 13.6 Å². The van der Waals surface area contributed by atoms with Crippen LogP contribution in [0.25, 0.3) is 0 Å². The summed E-state index contributed by atoms with van der Waals surface area (Å²) in [5.74, 6) is 0.176. The van der Waals surface area contributed by atoms with Gasteiger partial charge in [-0.3, -0.25) is 9.05 Å². The number of benzene rings is 1. The minimum Gasteiger partial charge on any atom is -0.402 e. The van der Waals surface area contributed by atoms with Crippen LogP contribution >= 0.6 is 42.8 Å². The number of phosphoric acid groups is 1. The lowest BCUT2D eigenvalue weighted by molar-refractivity contribution is 0.167. The number of hydrogen-bond donors (Lipinski definition) is 0. The molecule has 0 spiro atoms. The average molecular weight is 345 g/mol. The highest BCUT2D eigenvalue weighted by Crippen LogP contribution is 2.51. The van der Waals surface area contributed by atoms with E-state index in [1.807, 2.05) is 6.26 Å². The monoisotopic (exact) mass is 344 g/mol. The molecule has 0 heterocycles. The lowest BCUT2D eigenvalue weighted by atomic mass is 10.3. The molecule has 0 bridgehead atoms. The van der Waals surface area contributed by atoms with E-state index < -0.39 is 7.82 Å². The van der Waals surface area contributed by atoms with Gasteiger partial charge in [-0.15, -0.1) is 11.8 Å². The van der Waals surface area contributed by atoms with E-state index in [1.54, 1.807) is 19.9 Å². The van der Waals surface area contributed by atoms with E-state index >= 15 is 0 Å². The van der Waals surface area contributed by atoms with Gasteiger partial charge in [0.05, 0.1) is 23.3 Å². The first-order chi connectivity index (χ1) is 8.95. The predicted molar refractivity (Wildman–Crippen MR) is 79.7 cm³/mol. The average Bonchev–Trinajstić information content (AvgIpc) is 2.33. The molecule has 0 N–H and O–H groups in total. The second kappa shape index (κ2) is 7.77. The number of halogens is 2. The molecule has 4 nitrogen and oxygen atoms in total. The van der Waals surface area contributed by atoms with Gasteiger partial charge in [0.2, 0.25) is 0 Å². The highest BCUT2D eigenvalue weighted by atomic mass is 35.5. The SMILES string of the molecule is CCOP(=O)(OCC)Oc1cc(Cl)c(SC)cc1Cl. The fraction of sp³-hybridized carbons (Fsp3) is 0.455. The minimum atomic E-state index is -3.66. The van der Waals surface area contributed by atoms with Crippen LogP contribution in [0.3, 0.4) is 0 Å². The Morgan fingerprint density at radius 3 is 2.21 bits per heavy atom. The van der Waals surface area contributed by atoms with Crippen molar-refractivity contribution >= 4 is 42.8 Å². The van der Waals surface area contributed by atoms with Gasteiger partial charge in [0.25, 0.3) is 0 Å². The van der Waals surface area contributed by atoms with Crippen molar-refractivity contribution in [1.29, 1.82) is 0 Å². The fourth-order valence-electron chi connectivity index (χ4n) is 1.26. The van der Waals surface area contributed by atoms with Gasteiger partial charge in [-0.2, -0.15) is 0 Å². The summed E-state index contributed by atoms with van der Waals surface area (Å²) in [6.45, 7) is 3.79. The quantitative estimate of drug-likeness (QED) is 0.497. The highest BCUT2D eigenvalue weighted by Gasteiger charge is 2.28. The molecule has 0 atom stereocenters. The molecule has 0 saturated carbocycles. The molecule has 0 unspecified atom stereocenters. The van der Waals surface area contributed by atoms with Crippen LogP contribution in [0.4, 0.5) is 0 Å². The maximum absolute atomic E-state index is 12.2. The van der Waals surface area contributed by atoms with Crippen LogP contribution in [0.1, 0.15) is 13.8 Å². The summed E-state index contributed by atoms with van der Waals surface area (Å²) >= 11 is 13.6. The predicted octanol–water partition coefficient (Wildman–Crippen LogP) is 5.28. The zero-order valence-corrected chi connectivity index (χ0v) is 14.0. The molecular weight excluding hydrogens is 330 g/mol. The van der Waals surface area contributed by atoms with Crippen molar-refractivity contribution in [2.45, 2.75) is 18.7 Å². The molecule has 0 saturated heterocycles. The Hall–Kier alpha value is 0.1000. The smallest absolute Gasteiger partial charge is 0.402 e. The summed E-state index contributed by atoms with van der Waals surface area (Å²) in [5.41, 5.74) is 0. The third kappa shape index (κ3) is 4.85. The first kappa shape index (κ1) is 17.2. The van der Waals surface area contributed by atoms with E-state index in [1.165, 1.54) is 17.8 Å². The molecular formula is C11H15Cl2O4PS. The van der Waals surface area contributed by atoms with Crippen LogP contribution in [0.15, 0.2) is 17.0 Å². The number of rotatable bonds is 7. The number of hydrogen-bond acceptors (Lipinski definition) is 5. The minimum absolute atomic E-state index is 0.176. The van der Waals surface area contributed by atoms with Crippen molar-refractivity contribution in [2.75, 3.05) is 19.5 Å². The third-order valence-corrected chi connectivity index (χ3v) is 5.06. The Morgan fingerprint density at radius 2 is 1.74 bits per heavy atom. The third-order valence-electron chi connectivity index (χ3n) is 1.99. The van der Waals surface area contributed by atoms with Crippen LogP contribution in [0.2, 0.25) is 10.0 Å². The molecule has 0 aliphatic heterocycles. The van der Waals surface area contributed by atoms with Gasteiger partial charge >= 0.3 is 7.82 Å². The van der Waals surface area contributed by atoms with Crippen molar-refractivity contribution in [1.82, 2.24) is 0 Å². The Balaban J connectivity index is 3.03. The standard InChI is InChI=1S/C11H15Cl2O4PS/c1-4-15-18(14,16-5-2)17-10-6-9(13)11(19-3)7-8(10)12/h6-7H,4-5H2,1-3H3. The van der Waals surface area contributed by atoms with Gasteiger partial charge in [-0.05, 0) is 26.2 Å². The first-order valence-electron chi connectivity index (χ1n) is 5.57. The normalized spacial score (nSPS) is 11.6. The molecule has 0 aliphatic rings. The van der Waals surface area contributed by atoms with Gasteiger partial charge in [0, 0.05) is 11.0 Å². The second-order valence-corrected chi connectivity index (χ2v) is 6.55. The molecule has 0 radical (unpaired) electrons. The summed E-state index contributed by atoms with van der Waals surface area (Å²) in [7, 11) is -3.66. The first-order valence-corrected chi connectivity index (χ1v) is 9.01. The van der Waals surface area contributed by atoms with E-state index in [-0.39, 0.29) is 19.0 Å². The molecule has 1 aromatic carbocycles. The lowest BCUT2D eigenvalue weighted by Crippen LogP contribution is -2.02. The summed E-state index contributed by atoms with van der Waals surface area (Å²) in [6, 6.07) is 3.15. The van der Waals surface area contributed by atoms with E-state index in [2.05, 4.69) is 0 Å². The second-order valence-electron chi connectivity index (χ2n) is 3.29. The van der Waals surface area contributed by atoms with E-state index in [4.69, 9.17) is 36.8 Å². The van der Waals surface area contributed by atoms with Crippen molar-refractivity contribution in [3.63, 3.8) is 0 Å². The van der Waals surface area contributed by atoms with Crippen LogP contribution < -0.4 is 4.52 Å². The van der Waals surface area contributed by atoms with Gasteiger partial charge in [0.15, 0.2) is 5.75 Å². The van der Waals surface area contributed by atoms with Crippen LogP contribution in [-0.4, -0.2) is 19.5 Å². The van der Waals surface area contributed by atoms with Gasteiger partial charge in [-0.1, -0.05) is 23.2 Å². The lowest BCUT2D eigenvalue weighted by Gasteiger charge is -2.18. The molecule has 0 fully saturated rings. The van der Waals surface area contributed by atoms with Gasteiger partial charge in [-0.25, -0.2) is 4.57 Å². The molecule has 0 amide bonds. The number of thioether (sulfide) groups is 1. The van der Waals surface area contributed by atoms with E-state index in [0.29, 0.717) is 10.0 Å². The largest absolute Gasteiger partial charge is 0.530 e. The summed E-state index contributed by atoms with van der Waals surface area (Å²) < 4.78 is 27.6. The zero-order chi connectivity index (χ0) is 14.5. The maximum Gasteiger partial charge on any atom is 0.530 e. The van der Waals surface area contributed by atoms with Crippen molar-refractivity contribution in [2.24, 2.45) is 0 Å². The topological polar surface area (TPSA) is 44.8 Å². The zero-order valence-electron chi connectivity index (χ0n) is 10.8. The van der Waals surface area contributed by atoms with E-state index in [0.717, 1.165) is 4.90 Å². The molecule has 0 aromatic heterocycles. The Kier molecular flexibility index (Phi) is 7.01. The van der Waals surface area contributed by atoms with Crippen LogP contribution in [0.5, 0.6) is 5.75 Å². The Labute approximate surface area is 127 Å². The van der Waals surface area contributed by atoms with Crippen molar-refractivity contribution in [3.8, 4) is 5.75 Å². The van der Waals surface area contributed by atoms with Crippen molar-refractivity contribution in [3.05, 3.63) is 22.2 Å². The maximum atomic E-state index is 12.2.